The van der Waals surface area contributed by atoms with Gasteiger partial charge in [-0.3, -0.25) is 0 Å². The van der Waals surface area contributed by atoms with E-state index in [0.29, 0.717) is 0 Å². The SMILES string of the molecule is C[Si](C)(C)c1c[n+]2cccn2[nH]1. The van der Waals surface area contributed by atoms with E-state index in [1.807, 2.05) is 23.1 Å². The van der Waals surface area contributed by atoms with Crippen molar-refractivity contribution >= 4 is 13.4 Å². The second kappa shape index (κ2) is 2.23. The van der Waals surface area contributed by atoms with Crippen molar-refractivity contribution in [3.8, 4) is 0 Å². The number of hydrogen-bond donors (Lipinski definition) is 1. The number of rotatable bonds is 1. The monoisotopic (exact) mass is 180 g/mol. The fourth-order valence-electron chi connectivity index (χ4n) is 1.20. The molecule has 0 aromatic carbocycles. The molecule has 2 heterocycles. The van der Waals surface area contributed by atoms with Gasteiger partial charge < -0.3 is 0 Å². The van der Waals surface area contributed by atoms with E-state index >= 15 is 0 Å². The molecule has 2 aromatic heterocycles. The van der Waals surface area contributed by atoms with Gasteiger partial charge in [-0.1, -0.05) is 24.3 Å². The zero-order chi connectivity index (χ0) is 8.77. The number of nitrogens with zero attached hydrogens (tertiary/aromatic N) is 2. The van der Waals surface area contributed by atoms with E-state index < -0.39 is 8.07 Å². The summed E-state index contributed by atoms with van der Waals surface area (Å²) in [5.41, 5.74) is 0. The summed E-state index contributed by atoms with van der Waals surface area (Å²) < 4.78 is 4.06. The Balaban J connectivity index is 2.59. The average Bonchev–Trinajstić information content (AvgIpc) is 2.37. The first kappa shape index (κ1) is 7.61. The van der Waals surface area contributed by atoms with Gasteiger partial charge in [0.1, 0.15) is 19.6 Å². The van der Waals surface area contributed by atoms with Gasteiger partial charge in [-0.25, -0.2) is 0 Å². The number of aromatic nitrogens is 3. The van der Waals surface area contributed by atoms with Crippen LogP contribution in [0.15, 0.2) is 24.7 Å². The normalized spacial score (nSPS) is 12.6. The second-order valence-corrected chi connectivity index (χ2v) is 9.16. The molecule has 2 rings (SSSR count). The van der Waals surface area contributed by atoms with Crippen molar-refractivity contribution in [2.75, 3.05) is 0 Å². The highest BCUT2D eigenvalue weighted by Gasteiger charge is 2.24. The Kier molecular flexibility index (Phi) is 1.41. The van der Waals surface area contributed by atoms with Crippen molar-refractivity contribution < 1.29 is 4.52 Å². The minimum absolute atomic E-state index is 1.18. The third-order valence-electron chi connectivity index (χ3n) is 2.02. The molecule has 0 unspecified atom stereocenters. The molecule has 0 spiro atoms. The third-order valence-corrected chi connectivity index (χ3v) is 3.88. The van der Waals surface area contributed by atoms with Crippen LogP contribution in [0.1, 0.15) is 0 Å². The molecule has 0 saturated carbocycles. The van der Waals surface area contributed by atoms with Crippen LogP contribution in [0.4, 0.5) is 0 Å². The largest absolute Gasteiger partial charge is 0.175 e. The van der Waals surface area contributed by atoms with Crippen molar-refractivity contribution in [2.24, 2.45) is 0 Å². The Labute approximate surface area is 72.6 Å². The predicted molar refractivity (Wildman–Crippen MR) is 50.4 cm³/mol. The summed E-state index contributed by atoms with van der Waals surface area (Å²) in [6.45, 7) is 7.00. The minimum Gasteiger partial charge on any atom is -0.175 e. The quantitative estimate of drug-likeness (QED) is 0.485. The van der Waals surface area contributed by atoms with Gasteiger partial charge in [-0.05, 0) is 0 Å². The Morgan fingerprint density at radius 3 is 2.75 bits per heavy atom. The van der Waals surface area contributed by atoms with Crippen LogP contribution < -0.4 is 9.83 Å². The standard InChI is InChI=1S/C8H14N3Si/c1-12(2,3)8-7-10-5-4-6-11(10)9-8/h4-7,9H,1-3H3/q+1. The van der Waals surface area contributed by atoms with Crippen molar-refractivity contribution in [1.82, 2.24) is 9.73 Å². The fraction of sp³-hybridized carbons (Fsp3) is 0.375. The first-order valence-electron chi connectivity index (χ1n) is 4.15. The number of fused-ring (bicyclic) bond motifs is 1. The van der Waals surface area contributed by atoms with Gasteiger partial charge >= 0.3 is 0 Å². The molecule has 0 atom stereocenters. The van der Waals surface area contributed by atoms with Gasteiger partial charge in [0.15, 0.2) is 6.20 Å². The van der Waals surface area contributed by atoms with E-state index in [1.54, 1.807) is 0 Å². The molecule has 4 heteroatoms. The van der Waals surface area contributed by atoms with Crippen LogP contribution in [0.3, 0.4) is 0 Å². The van der Waals surface area contributed by atoms with Crippen molar-refractivity contribution in [2.45, 2.75) is 19.6 Å². The maximum atomic E-state index is 3.36. The van der Waals surface area contributed by atoms with Gasteiger partial charge in [-0.2, -0.15) is 5.10 Å². The lowest BCUT2D eigenvalue weighted by atomic mass is 10.7. The molecular formula is C8H14N3Si+. The summed E-state index contributed by atoms with van der Waals surface area (Å²) in [6, 6.07) is 2.02. The van der Waals surface area contributed by atoms with Gasteiger partial charge in [-0.15, -0.1) is 4.52 Å². The molecule has 0 aliphatic rings. The topological polar surface area (TPSA) is 24.3 Å². The first-order chi connectivity index (χ1) is 5.57. The molecular weight excluding hydrogens is 166 g/mol. The smallest absolute Gasteiger partial charge is 0.156 e. The van der Waals surface area contributed by atoms with Crippen molar-refractivity contribution in [1.29, 1.82) is 0 Å². The van der Waals surface area contributed by atoms with Crippen LogP contribution in [0.2, 0.25) is 19.6 Å². The molecule has 0 amide bonds. The van der Waals surface area contributed by atoms with Crippen molar-refractivity contribution in [3.05, 3.63) is 24.7 Å². The Morgan fingerprint density at radius 2 is 2.17 bits per heavy atom. The Hall–Kier alpha value is -1.03. The summed E-state index contributed by atoms with van der Waals surface area (Å²) in [7, 11) is -1.18. The molecule has 0 saturated heterocycles. The first-order valence-corrected chi connectivity index (χ1v) is 7.65. The van der Waals surface area contributed by atoms with E-state index in [9.17, 15) is 0 Å². The number of aromatic amines is 1. The fourth-order valence-corrected chi connectivity index (χ4v) is 2.17. The lowest BCUT2D eigenvalue weighted by Gasteiger charge is -2.06. The molecule has 0 aliphatic carbocycles. The molecule has 0 aliphatic heterocycles. The molecule has 0 bridgehead atoms. The third kappa shape index (κ3) is 1.08. The Bertz CT molecular complexity index is 365. The predicted octanol–water partition coefficient (Wildman–Crippen LogP) is 0.398. The van der Waals surface area contributed by atoms with E-state index in [4.69, 9.17) is 0 Å². The maximum absolute atomic E-state index is 3.36. The molecule has 3 nitrogen and oxygen atoms in total. The molecule has 0 radical (unpaired) electrons. The zero-order valence-electron chi connectivity index (χ0n) is 7.70. The highest BCUT2D eigenvalue weighted by molar-refractivity contribution is 6.87. The highest BCUT2D eigenvalue weighted by Crippen LogP contribution is 1.97. The van der Waals surface area contributed by atoms with Gasteiger partial charge in [0, 0.05) is 6.07 Å². The van der Waals surface area contributed by atoms with Crippen LogP contribution in [-0.4, -0.2) is 17.8 Å². The number of nitrogens with one attached hydrogen (secondary N) is 1. The minimum atomic E-state index is -1.18. The molecule has 12 heavy (non-hydrogen) atoms. The molecule has 1 N–H and O–H groups in total. The summed E-state index contributed by atoms with van der Waals surface area (Å²) in [5.74, 6) is 0. The zero-order valence-corrected chi connectivity index (χ0v) is 8.70. The number of hydrogen-bond acceptors (Lipinski definition) is 0. The summed E-state index contributed by atoms with van der Waals surface area (Å²) >= 11 is 0. The average molecular weight is 180 g/mol. The molecule has 2 aromatic rings. The number of H-pyrrole nitrogens is 1. The van der Waals surface area contributed by atoms with Crippen LogP contribution in [-0.2, 0) is 0 Å². The summed E-state index contributed by atoms with van der Waals surface area (Å²) in [4.78, 5) is 0. The van der Waals surface area contributed by atoms with E-state index in [0.717, 1.165) is 0 Å². The van der Waals surface area contributed by atoms with Gasteiger partial charge in [0.25, 0.3) is 0 Å². The molecule has 64 valence electrons. The van der Waals surface area contributed by atoms with E-state index in [1.165, 1.54) is 5.32 Å². The van der Waals surface area contributed by atoms with Gasteiger partial charge in [0.05, 0.1) is 6.20 Å². The van der Waals surface area contributed by atoms with Crippen molar-refractivity contribution in [3.63, 3.8) is 0 Å². The van der Waals surface area contributed by atoms with Crippen LogP contribution >= 0.6 is 0 Å². The summed E-state index contributed by atoms with van der Waals surface area (Å²) in [6.07, 6.45) is 6.23. The van der Waals surface area contributed by atoms with E-state index in [2.05, 4.69) is 35.5 Å². The van der Waals surface area contributed by atoms with E-state index in [-0.39, 0.29) is 0 Å². The van der Waals surface area contributed by atoms with Crippen LogP contribution in [0, 0.1) is 0 Å². The summed E-state index contributed by atoms with van der Waals surface area (Å²) in [5, 5.41) is 4.73. The highest BCUT2D eigenvalue weighted by atomic mass is 28.3. The second-order valence-electron chi connectivity index (χ2n) is 4.12. The van der Waals surface area contributed by atoms with Crippen LogP contribution in [0.5, 0.6) is 0 Å². The molecule has 0 fully saturated rings. The van der Waals surface area contributed by atoms with Gasteiger partial charge in [0.2, 0.25) is 0 Å². The maximum Gasteiger partial charge on any atom is 0.156 e. The lowest BCUT2D eigenvalue weighted by molar-refractivity contribution is -0.617. The van der Waals surface area contributed by atoms with Crippen LogP contribution in [0.25, 0.3) is 0 Å². The Morgan fingerprint density at radius 1 is 1.42 bits per heavy atom. The lowest BCUT2D eigenvalue weighted by Crippen LogP contribution is -2.39.